The zero-order chi connectivity index (χ0) is 16.9. The van der Waals surface area contributed by atoms with Gasteiger partial charge in [0, 0.05) is 17.3 Å². The molecule has 0 fully saturated rings. The fourth-order valence-corrected chi connectivity index (χ4v) is 2.61. The molecule has 0 aliphatic rings. The van der Waals surface area contributed by atoms with Crippen LogP contribution in [0.4, 0.5) is 23.1 Å². The largest absolute Gasteiger partial charge is 0.325 e. The highest BCUT2D eigenvalue weighted by Crippen LogP contribution is 2.28. The van der Waals surface area contributed by atoms with Gasteiger partial charge in [-0.25, -0.2) is 0 Å². The smallest absolute Gasteiger partial charge is 0.249 e. The average Bonchev–Trinajstić information content (AvgIpc) is 2.60. The standard InChI is InChI=1S/C17H15Cl2N5/c1-2-24(13-6-4-3-5-7-13)16-11-20-23-17(22-16)21-15-10-12(18)8-9-14(15)19/h3-11H,2H2,1H3,(H,21,22,23). The van der Waals surface area contributed by atoms with Gasteiger partial charge in [0.15, 0.2) is 5.82 Å². The first kappa shape index (κ1) is 16.5. The van der Waals surface area contributed by atoms with E-state index in [1.165, 1.54) is 0 Å². The number of rotatable bonds is 5. The summed E-state index contributed by atoms with van der Waals surface area (Å²) in [5, 5.41) is 12.2. The highest BCUT2D eigenvalue weighted by Gasteiger charge is 2.11. The SMILES string of the molecule is CCN(c1ccccc1)c1cnnc(Nc2cc(Cl)ccc2Cl)n1. The topological polar surface area (TPSA) is 53.9 Å². The lowest BCUT2D eigenvalue weighted by Crippen LogP contribution is -2.18. The van der Waals surface area contributed by atoms with E-state index in [-0.39, 0.29) is 0 Å². The second-order valence-corrected chi connectivity index (χ2v) is 5.81. The Kier molecular flexibility index (Phi) is 5.13. The number of hydrogen-bond donors (Lipinski definition) is 1. The third-order valence-corrected chi connectivity index (χ3v) is 3.95. The van der Waals surface area contributed by atoms with E-state index in [0.29, 0.717) is 27.5 Å². The van der Waals surface area contributed by atoms with Crippen LogP contribution >= 0.6 is 23.2 Å². The Balaban J connectivity index is 1.90. The Morgan fingerprint density at radius 3 is 2.62 bits per heavy atom. The fraction of sp³-hybridized carbons (Fsp3) is 0.118. The molecule has 0 radical (unpaired) electrons. The molecule has 1 heterocycles. The lowest BCUT2D eigenvalue weighted by molar-refractivity contribution is 0.922. The van der Waals surface area contributed by atoms with Crippen molar-refractivity contribution >= 4 is 46.3 Å². The second kappa shape index (κ2) is 7.47. The van der Waals surface area contributed by atoms with Crippen LogP contribution in [0.15, 0.2) is 54.7 Å². The van der Waals surface area contributed by atoms with E-state index < -0.39 is 0 Å². The van der Waals surface area contributed by atoms with E-state index >= 15 is 0 Å². The highest BCUT2D eigenvalue weighted by atomic mass is 35.5. The van der Waals surface area contributed by atoms with Gasteiger partial charge in [-0.15, -0.1) is 5.10 Å². The van der Waals surface area contributed by atoms with Crippen molar-refractivity contribution in [1.29, 1.82) is 0 Å². The van der Waals surface area contributed by atoms with Crippen LogP contribution in [0, 0.1) is 0 Å². The van der Waals surface area contributed by atoms with E-state index in [1.807, 2.05) is 35.2 Å². The van der Waals surface area contributed by atoms with Gasteiger partial charge >= 0.3 is 0 Å². The van der Waals surface area contributed by atoms with Crippen LogP contribution in [0.5, 0.6) is 0 Å². The molecule has 5 nitrogen and oxygen atoms in total. The number of halogens is 2. The number of nitrogens with zero attached hydrogens (tertiary/aromatic N) is 4. The summed E-state index contributed by atoms with van der Waals surface area (Å²) in [5.41, 5.74) is 1.66. The Bertz CT molecular complexity index is 826. The summed E-state index contributed by atoms with van der Waals surface area (Å²) in [6, 6.07) is 15.1. The number of para-hydroxylation sites is 1. The lowest BCUT2D eigenvalue weighted by atomic mass is 10.3. The van der Waals surface area contributed by atoms with Gasteiger partial charge < -0.3 is 10.2 Å². The number of aromatic nitrogens is 3. The van der Waals surface area contributed by atoms with Crippen molar-refractivity contribution in [2.24, 2.45) is 0 Å². The molecule has 7 heteroatoms. The second-order valence-electron chi connectivity index (χ2n) is 4.97. The molecular weight excluding hydrogens is 345 g/mol. The van der Waals surface area contributed by atoms with E-state index in [0.717, 1.165) is 12.2 Å². The molecule has 0 saturated heterocycles. The summed E-state index contributed by atoms with van der Waals surface area (Å²) in [6.07, 6.45) is 1.63. The predicted octanol–water partition coefficient (Wildman–Crippen LogP) is 5.08. The molecule has 0 aliphatic carbocycles. The Hall–Kier alpha value is -2.37. The van der Waals surface area contributed by atoms with Crippen LogP contribution in [0.25, 0.3) is 0 Å². The van der Waals surface area contributed by atoms with Crippen molar-refractivity contribution in [3.05, 3.63) is 64.8 Å². The van der Waals surface area contributed by atoms with Gasteiger partial charge in [0.25, 0.3) is 0 Å². The molecule has 0 spiro atoms. The number of hydrogen-bond acceptors (Lipinski definition) is 5. The van der Waals surface area contributed by atoms with Gasteiger partial charge in [0.2, 0.25) is 5.95 Å². The maximum Gasteiger partial charge on any atom is 0.249 e. The molecule has 0 aliphatic heterocycles. The summed E-state index contributed by atoms with van der Waals surface area (Å²) in [5.74, 6) is 1.05. The molecule has 1 N–H and O–H groups in total. The molecule has 3 rings (SSSR count). The first-order valence-corrected chi connectivity index (χ1v) is 8.17. The average molecular weight is 360 g/mol. The summed E-state index contributed by atoms with van der Waals surface area (Å²) in [7, 11) is 0. The molecule has 3 aromatic rings. The van der Waals surface area contributed by atoms with Crippen molar-refractivity contribution < 1.29 is 0 Å². The quantitative estimate of drug-likeness (QED) is 0.688. The predicted molar refractivity (Wildman–Crippen MR) is 98.7 cm³/mol. The van der Waals surface area contributed by atoms with Crippen LogP contribution in [-0.2, 0) is 0 Å². The summed E-state index contributed by atoms with van der Waals surface area (Å²) in [6.45, 7) is 2.80. The van der Waals surface area contributed by atoms with Gasteiger partial charge in [-0.3, -0.25) is 0 Å². The monoisotopic (exact) mass is 359 g/mol. The van der Waals surface area contributed by atoms with Crippen LogP contribution in [-0.4, -0.2) is 21.7 Å². The fourth-order valence-electron chi connectivity index (χ4n) is 2.28. The van der Waals surface area contributed by atoms with E-state index in [4.69, 9.17) is 23.2 Å². The third kappa shape index (κ3) is 3.75. The first-order valence-electron chi connectivity index (χ1n) is 7.41. The number of benzene rings is 2. The maximum atomic E-state index is 6.16. The molecule has 2 aromatic carbocycles. The first-order chi connectivity index (χ1) is 11.7. The highest BCUT2D eigenvalue weighted by molar-refractivity contribution is 6.35. The van der Waals surface area contributed by atoms with Crippen LogP contribution in [0.2, 0.25) is 10.0 Å². The van der Waals surface area contributed by atoms with Crippen molar-refractivity contribution in [1.82, 2.24) is 15.2 Å². The molecule has 24 heavy (non-hydrogen) atoms. The molecule has 122 valence electrons. The normalized spacial score (nSPS) is 10.5. The van der Waals surface area contributed by atoms with Crippen molar-refractivity contribution in [3.63, 3.8) is 0 Å². The van der Waals surface area contributed by atoms with Crippen LogP contribution in [0.3, 0.4) is 0 Å². The maximum absolute atomic E-state index is 6.16. The van der Waals surface area contributed by atoms with Crippen molar-refractivity contribution in [2.75, 3.05) is 16.8 Å². The van der Waals surface area contributed by atoms with Crippen LogP contribution < -0.4 is 10.2 Å². The van der Waals surface area contributed by atoms with Gasteiger partial charge in [0.05, 0.1) is 16.9 Å². The number of anilines is 4. The minimum atomic E-state index is 0.353. The molecule has 0 saturated carbocycles. The molecular formula is C17H15Cl2N5. The van der Waals surface area contributed by atoms with Gasteiger partial charge in [0.1, 0.15) is 0 Å². The van der Waals surface area contributed by atoms with Crippen molar-refractivity contribution in [2.45, 2.75) is 6.92 Å². The lowest BCUT2D eigenvalue weighted by Gasteiger charge is -2.21. The Labute approximate surface area is 150 Å². The van der Waals surface area contributed by atoms with E-state index in [9.17, 15) is 0 Å². The molecule has 0 amide bonds. The third-order valence-electron chi connectivity index (χ3n) is 3.38. The molecule has 0 atom stereocenters. The van der Waals surface area contributed by atoms with E-state index in [1.54, 1.807) is 24.4 Å². The molecule has 0 unspecified atom stereocenters. The summed E-state index contributed by atoms with van der Waals surface area (Å²) >= 11 is 12.2. The molecule has 1 aromatic heterocycles. The zero-order valence-corrected chi connectivity index (χ0v) is 14.5. The summed E-state index contributed by atoms with van der Waals surface area (Å²) in [4.78, 5) is 6.57. The minimum absolute atomic E-state index is 0.353. The van der Waals surface area contributed by atoms with Gasteiger partial charge in [-0.1, -0.05) is 41.4 Å². The summed E-state index contributed by atoms with van der Waals surface area (Å²) < 4.78 is 0. The van der Waals surface area contributed by atoms with Gasteiger partial charge in [-0.05, 0) is 37.3 Å². The Morgan fingerprint density at radius 2 is 1.88 bits per heavy atom. The van der Waals surface area contributed by atoms with Crippen molar-refractivity contribution in [3.8, 4) is 0 Å². The molecule has 0 bridgehead atoms. The number of nitrogens with one attached hydrogen (secondary N) is 1. The Morgan fingerprint density at radius 1 is 1.08 bits per heavy atom. The van der Waals surface area contributed by atoms with Crippen LogP contribution in [0.1, 0.15) is 6.92 Å². The van der Waals surface area contributed by atoms with E-state index in [2.05, 4.69) is 27.4 Å². The zero-order valence-electron chi connectivity index (χ0n) is 12.9. The van der Waals surface area contributed by atoms with Gasteiger partial charge in [-0.2, -0.15) is 10.1 Å². The minimum Gasteiger partial charge on any atom is -0.325 e.